The van der Waals surface area contributed by atoms with Crippen molar-refractivity contribution in [3.8, 4) is 0 Å². The van der Waals surface area contributed by atoms with Gasteiger partial charge >= 0.3 is 0 Å². The minimum absolute atomic E-state index is 0.653. The minimum atomic E-state index is 0.653. The van der Waals surface area contributed by atoms with Gasteiger partial charge in [-0.2, -0.15) is 0 Å². The van der Waals surface area contributed by atoms with Gasteiger partial charge in [-0.25, -0.2) is 9.97 Å². The van der Waals surface area contributed by atoms with E-state index in [1.807, 2.05) is 13.8 Å². The molecule has 0 aliphatic rings. The third-order valence-corrected chi connectivity index (χ3v) is 2.22. The van der Waals surface area contributed by atoms with Gasteiger partial charge < -0.3 is 0 Å². The van der Waals surface area contributed by atoms with Gasteiger partial charge in [0.15, 0.2) is 0 Å². The zero-order chi connectivity index (χ0) is 13.8. The van der Waals surface area contributed by atoms with Crippen molar-refractivity contribution in [2.75, 3.05) is 0 Å². The van der Waals surface area contributed by atoms with Crippen LogP contribution in [0.1, 0.15) is 44.7 Å². The molecule has 0 aliphatic heterocycles. The Balaban J connectivity index is 0.000000308. The molecule has 0 aliphatic carbocycles. The van der Waals surface area contributed by atoms with Gasteiger partial charge in [0.25, 0.3) is 0 Å². The van der Waals surface area contributed by atoms with Crippen molar-refractivity contribution < 1.29 is 0 Å². The van der Waals surface area contributed by atoms with Crippen molar-refractivity contribution in [3.05, 3.63) is 60.2 Å². The summed E-state index contributed by atoms with van der Waals surface area (Å²) in [5.41, 5.74) is 2.76. The van der Waals surface area contributed by atoms with Crippen LogP contribution in [0.15, 0.2) is 49.1 Å². The van der Waals surface area contributed by atoms with E-state index in [9.17, 15) is 0 Å². The lowest BCUT2D eigenvalue weighted by molar-refractivity contribution is 0.866. The van der Waals surface area contributed by atoms with Gasteiger partial charge in [-0.3, -0.25) is 0 Å². The zero-order valence-corrected chi connectivity index (χ0v) is 12.1. The van der Waals surface area contributed by atoms with E-state index in [2.05, 4.69) is 55.0 Å². The number of nitrogens with zero attached hydrogens (tertiary/aromatic N) is 2. The van der Waals surface area contributed by atoms with E-state index >= 15 is 0 Å². The molecule has 1 aromatic carbocycles. The average Bonchev–Trinajstić information content (AvgIpc) is 2.44. The molecule has 0 atom stereocenters. The maximum atomic E-state index is 3.67. The van der Waals surface area contributed by atoms with Crippen LogP contribution in [0.5, 0.6) is 0 Å². The number of hydrogen-bond donors (Lipinski definition) is 0. The van der Waals surface area contributed by atoms with E-state index < -0.39 is 0 Å². The smallest absolute Gasteiger partial charge is 0.115 e. The molecule has 0 radical (unpaired) electrons. The van der Waals surface area contributed by atoms with E-state index in [1.54, 1.807) is 18.5 Å². The second kappa shape index (κ2) is 10.5. The van der Waals surface area contributed by atoms with Gasteiger partial charge in [-0.15, -0.1) is 0 Å². The maximum absolute atomic E-state index is 3.67. The summed E-state index contributed by atoms with van der Waals surface area (Å²) >= 11 is 0. The Kier molecular flexibility index (Phi) is 9.47. The van der Waals surface area contributed by atoms with Crippen LogP contribution in [-0.2, 0) is 0 Å². The predicted octanol–water partition coefficient (Wildman–Crippen LogP) is 4.62. The lowest BCUT2D eigenvalue weighted by Crippen LogP contribution is -1.85. The normalized spacial score (nSPS) is 8.78. The summed E-state index contributed by atoms with van der Waals surface area (Å²) in [6.45, 7) is 10.5. The van der Waals surface area contributed by atoms with E-state index in [-0.39, 0.29) is 0 Å². The Morgan fingerprint density at radius 1 is 0.889 bits per heavy atom. The molecule has 18 heavy (non-hydrogen) atoms. The Morgan fingerprint density at radius 2 is 1.39 bits per heavy atom. The standard InChI is InChI=1S/C10H14.C4H4N2.C2H6/c1-8(2)10-6-4-9(3)5-7-10;1-2-5-4-6-3-1;1-2/h4-8H,1-3H3;1-4H;1-2H3. The second-order valence-corrected chi connectivity index (χ2v) is 3.97. The van der Waals surface area contributed by atoms with Crippen LogP contribution < -0.4 is 0 Å². The van der Waals surface area contributed by atoms with Gasteiger partial charge in [0, 0.05) is 12.4 Å². The first kappa shape index (κ1) is 16.3. The molecule has 0 saturated carbocycles. The summed E-state index contributed by atoms with van der Waals surface area (Å²) in [4.78, 5) is 7.35. The second-order valence-electron chi connectivity index (χ2n) is 3.97. The van der Waals surface area contributed by atoms with Gasteiger partial charge in [0.05, 0.1) is 0 Å². The molecule has 2 nitrogen and oxygen atoms in total. The quantitative estimate of drug-likeness (QED) is 0.731. The first-order valence-corrected chi connectivity index (χ1v) is 6.46. The molecule has 2 heteroatoms. The summed E-state index contributed by atoms with van der Waals surface area (Å²) in [7, 11) is 0. The van der Waals surface area contributed by atoms with Crippen LogP contribution in [0.4, 0.5) is 0 Å². The van der Waals surface area contributed by atoms with Crippen molar-refractivity contribution in [3.63, 3.8) is 0 Å². The highest BCUT2D eigenvalue weighted by Gasteiger charge is 1.95. The fraction of sp³-hybridized carbons (Fsp3) is 0.375. The SMILES string of the molecule is CC.Cc1ccc(C(C)C)cc1.c1cncnc1. The van der Waals surface area contributed by atoms with Crippen molar-refractivity contribution in [1.82, 2.24) is 9.97 Å². The minimum Gasteiger partial charge on any atom is -0.245 e. The number of rotatable bonds is 1. The lowest BCUT2D eigenvalue weighted by Gasteiger charge is -2.03. The first-order chi connectivity index (χ1) is 8.70. The largest absolute Gasteiger partial charge is 0.245 e. The number of hydrogen-bond acceptors (Lipinski definition) is 2. The molecule has 0 spiro atoms. The molecule has 0 saturated heterocycles. The number of aryl methyl sites for hydroxylation is 1. The van der Waals surface area contributed by atoms with Gasteiger partial charge in [0.1, 0.15) is 6.33 Å². The van der Waals surface area contributed by atoms with Crippen LogP contribution in [0.3, 0.4) is 0 Å². The molecule has 0 bridgehead atoms. The molecule has 1 aromatic heterocycles. The maximum Gasteiger partial charge on any atom is 0.115 e. The Hall–Kier alpha value is -1.70. The number of benzene rings is 1. The topological polar surface area (TPSA) is 25.8 Å². The summed E-state index contributed by atoms with van der Waals surface area (Å²) in [6.07, 6.45) is 4.88. The van der Waals surface area contributed by atoms with Crippen molar-refractivity contribution in [1.29, 1.82) is 0 Å². The first-order valence-electron chi connectivity index (χ1n) is 6.46. The third-order valence-electron chi connectivity index (χ3n) is 2.22. The highest BCUT2D eigenvalue weighted by atomic mass is 14.8. The Labute approximate surface area is 111 Å². The zero-order valence-electron chi connectivity index (χ0n) is 12.1. The fourth-order valence-electron chi connectivity index (χ4n) is 1.20. The van der Waals surface area contributed by atoms with Crippen LogP contribution in [0.2, 0.25) is 0 Å². The van der Waals surface area contributed by atoms with Crippen LogP contribution in [0, 0.1) is 6.92 Å². The van der Waals surface area contributed by atoms with Crippen molar-refractivity contribution >= 4 is 0 Å². The van der Waals surface area contributed by atoms with Crippen LogP contribution in [-0.4, -0.2) is 9.97 Å². The highest BCUT2D eigenvalue weighted by Crippen LogP contribution is 2.13. The Bertz CT molecular complexity index is 353. The van der Waals surface area contributed by atoms with E-state index in [4.69, 9.17) is 0 Å². The van der Waals surface area contributed by atoms with Gasteiger partial charge in [-0.1, -0.05) is 57.5 Å². The molecular weight excluding hydrogens is 220 g/mol. The average molecular weight is 244 g/mol. The van der Waals surface area contributed by atoms with Gasteiger partial charge in [-0.05, 0) is 24.5 Å². The highest BCUT2D eigenvalue weighted by molar-refractivity contribution is 5.23. The van der Waals surface area contributed by atoms with Crippen LogP contribution >= 0.6 is 0 Å². The van der Waals surface area contributed by atoms with E-state index in [0.29, 0.717) is 5.92 Å². The van der Waals surface area contributed by atoms with Crippen LogP contribution in [0.25, 0.3) is 0 Å². The molecule has 0 unspecified atom stereocenters. The summed E-state index contributed by atoms with van der Waals surface area (Å²) < 4.78 is 0. The lowest BCUT2D eigenvalue weighted by atomic mass is 10.0. The fourth-order valence-corrected chi connectivity index (χ4v) is 1.20. The predicted molar refractivity (Wildman–Crippen MR) is 78.6 cm³/mol. The molecule has 0 amide bonds. The summed E-state index contributed by atoms with van der Waals surface area (Å²) in [5.74, 6) is 0.653. The van der Waals surface area contributed by atoms with E-state index in [1.165, 1.54) is 17.5 Å². The van der Waals surface area contributed by atoms with Gasteiger partial charge in [0.2, 0.25) is 0 Å². The summed E-state index contributed by atoms with van der Waals surface area (Å²) in [5, 5.41) is 0. The number of aromatic nitrogens is 2. The third kappa shape index (κ3) is 7.55. The summed E-state index contributed by atoms with van der Waals surface area (Å²) in [6, 6.07) is 10.5. The molecule has 98 valence electrons. The molecule has 0 N–H and O–H groups in total. The molecule has 0 fully saturated rings. The van der Waals surface area contributed by atoms with Crippen molar-refractivity contribution in [2.24, 2.45) is 0 Å². The Morgan fingerprint density at radius 3 is 1.67 bits per heavy atom. The molecule has 1 heterocycles. The molecule has 2 rings (SSSR count). The van der Waals surface area contributed by atoms with Crippen molar-refractivity contribution in [2.45, 2.75) is 40.5 Å². The molecular formula is C16H24N2. The van der Waals surface area contributed by atoms with E-state index in [0.717, 1.165) is 0 Å². The molecule has 2 aromatic rings. The monoisotopic (exact) mass is 244 g/mol.